The van der Waals surface area contributed by atoms with E-state index in [1.54, 1.807) is 113 Å². The summed E-state index contributed by atoms with van der Waals surface area (Å²) in [7, 11) is 0. The molecule has 0 saturated heterocycles. The fourth-order valence-corrected chi connectivity index (χ4v) is 24.1. The van der Waals surface area contributed by atoms with E-state index in [1.807, 2.05) is 103 Å². The van der Waals surface area contributed by atoms with Crippen molar-refractivity contribution in [3.8, 4) is 0 Å². The molecular weight excluding hydrogens is 1680 g/mol. The summed E-state index contributed by atoms with van der Waals surface area (Å²) in [6.07, 6.45) is -0.143. The van der Waals surface area contributed by atoms with E-state index in [9.17, 15) is 47.9 Å². The molecule has 0 amide bonds. The van der Waals surface area contributed by atoms with E-state index >= 15 is 0 Å². The Labute approximate surface area is 719 Å². The summed E-state index contributed by atoms with van der Waals surface area (Å²) in [5.41, 5.74) is 7.21. The second-order valence-corrected chi connectivity index (χ2v) is 37.7. The number of Topliss-reactive ketones (excluding diaryl/α,β-unsaturated/α-hetero) is 8. The first-order chi connectivity index (χ1) is 57.2. The number of para-hydroxylation sites is 1. The zero-order chi connectivity index (χ0) is 82.0. The first-order valence-corrected chi connectivity index (χ1v) is 46.0. The molecule has 10 heterocycles. The third-order valence-corrected chi connectivity index (χ3v) is 30.4. The van der Waals surface area contributed by atoms with Crippen molar-refractivity contribution in [2.75, 3.05) is 28.8 Å². The number of carboxylic acids is 1. The first kappa shape index (κ1) is 81.7. The zero-order valence-corrected chi connectivity index (χ0v) is 70.8. The highest BCUT2D eigenvalue weighted by Gasteiger charge is 2.36. The average molecular weight is 1740 g/mol. The largest absolute Gasteiger partial charge is 0.481 e. The molecule has 0 bridgehead atoms. The topological polar surface area (TPSA) is 225 Å². The normalized spacial score (nSPS) is 16.4. The zero-order valence-electron chi connectivity index (χ0n) is 62.7. The van der Waals surface area contributed by atoms with Crippen LogP contribution in [-0.2, 0) is 20.9 Å². The number of thiophene rings is 1. The van der Waals surface area contributed by atoms with Gasteiger partial charge in [0.15, 0.2) is 40.1 Å². The van der Waals surface area contributed by atoms with E-state index in [-0.39, 0.29) is 52.7 Å². The Kier molecular flexibility index (Phi) is 24.9. The summed E-state index contributed by atoms with van der Waals surface area (Å²) in [4.78, 5) is 122. The van der Waals surface area contributed by atoms with Gasteiger partial charge in [-0.25, -0.2) is 0 Å². The number of esters is 1. The van der Waals surface area contributed by atoms with E-state index in [0.717, 1.165) is 89.7 Å². The second kappa shape index (κ2) is 35.9. The number of ketones is 8. The molecule has 2 N–H and O–H groups in total. The summed E-state index contributed by atoms with van der Waals surface area (Å²) in [5, 5.41) is 29.9. The number of carboxylic acid groups (broad SMARTS) is 1. The SMILES string of the molecule is CC(=O)OC1Sc2ccccc2C1=O.CCn1c2ccccc2c2cc3c(cc21)C(=O)CS3.O=C(O)CC1Sc2ccc(Cl)cc2C1=O.O=C1CSc2c1ccc1ccccc21.O=C1CSc2cc3c(cc21)sc1ccccc13.O=C1CSc2cc3ccccc3cc21.O=C1CSc2ccc3ccccc3c21.O=C1c2ccccc2SC1O. The number of carbonyl (C=O) groups excluding carboxylic acids is 9. The van der Waals surface area contributed by atoms with Crippen LogP contribution in [0.5, 0.6) is 0 Å². The first-order valence-electron chi connectivity index (χ1n) is 37.3. The number of aryl methyl sites for hydroxylation is 1. The molecule has 24 heteroatoms. The Bertz CT molecular complexity index is 6700. The number of fused-ring (bicyclic) bond motifs is 19. The van der Waals surface area contributed by atoms with E-state index in [2.05, 4.69) is 115 Å². The lowest BCUT2D eigenvalue weighted by atomic mass is 10.0. The molecule has 14 nitrogen and oxygen atoms in total. The molecule has 3 unspecified atom stereocenters. The van der Waals surface area contributed by atoms with Gasteiger partial charge in [0.2, 0.25) is 17.0 Å². The minimum Gasteiger partial charge on any atom is -0.481 e. The Morgan fingerprint density at radius 3 is 1.58 bits per heavy atom. The van der Waals surface area contributed by atoms with E-state index in [1.165, 1.54) is 100 Å². The summed E-state index contributed by atoms with van der Waals surface area (Å²) in [5.74, 6) is 2.48. The minimum absolute atomic E-state index is 0.124. The van der Waals surface area contributed by atoms with Crippen LogP contribution in [0.15, 0.2) is 288 Å². The summed E-state index contributed by atoms with van der Waals surface area (Å²) in [6, 6.07) is 81.6. The number of benzene rings is 13. The number of halogens is 1. The average Bonchev–Trinajstić information content (AvgIpc) is 1.60. The van der Waals surface area contributed by atoms with Gasteiger partial charge in [-0.15, -0.1) is 81.9 Å². The van der Waals surface area contributed by atoms with Gasteiger partial charge in [0.25, 0.3) is 0 Å². The molecule has 13 aromatic carbocycles. The number of carbonyl (C=O) groups is 10. The van der Waals surface area contributed by atoms with Crippen LogP contribution in [0.4, 0.5) is 0 Å². The van der Waals surface area contributed by atoms with Crippen molar-refractivity contribution >= 4 is 250 Å². The van der Waals surface area contributed by atoms with E-state index in [4.69, 9.17) is 26.6 Å². The summed E-state index contributed by atoms with van der Waals surface area (Å²) in [6.45, 7) is 4.37. The molecule has 0 radical (unpaired) electrons. The number of aromatic nitrogens is 1. The Hall–Kier alpha value is -9.99. The summed E-state index contributed by atoms with van der Waals surface area (Å²) >= 11 is 19.6. The van der Waals surface area contributed by atoms with Crippen LogP contribution < -0.4 is 0 Å². The molecular formula is C94H66ClNO13S9. The number of hydrogen-bond acceptors (Lipinski definition) is 21. The molecule has 8 aliphatic rings. The smallest absolute Gasteiger partial charge is 0.304 e. The molecule has 0 aliphatic carbocycles. The summed E-state index contributed by atoms with van der Waals surface area (Å²) < 4.78 is 9.69. The van der Waals surface area contributed by atoms with Gasteiger partial charge in [-0.3, -0.25) is 47.9 Å². The van der Waals surface area contributed by atoms with Gasteiger partial charge in [-0.1, -0.05) is 193 Å². The predicted molar refractivity (Wildman–Crippen MR) is 484 cm³/mol. The van der Waals surface area contributed by atoms with Crippen molar-refractivity contribution < 1.29 is 62.9 Å². The minimum atomic E-state index is -0.959. The molecule has 23 rings (SSSR count). The fourth-order valence-electron chi connectivity index (χ4n) is 14.6. The Morgan fingerprint density at radius 2 is 0.907 bits per heavy atom. The lowest BCUT2D eigenvalue weighted by Crippen LogP contribution is -2.18. The van der Waals surface area contributed by atoms with Gasteiger partial charge in [0, 0.05) is 144 Å². The van der Waals surface area contributed by atoms with Gasteiger partial charge in [-0.2, -0.15) is 0 Å². The van der Waals surface area contributed by atoms with Crippen molar-refractivity contribution in [2.45, 2.75) is 82.1 Å². The molecule has 0 fully saturated rings. The van der Waals surface area contributed by atoms with Crippen LogP contribution in [-0.4, -0.2) is 118 Å². The Morgan fingerprint density at radius 1 is 0.398 bits per heavy atom. The number of aliphatic hydroxyl groups is 1. The number of aliphatic hydroxyl groups excluding tert-OH is 1. The van der Waals surface area contributed by atoms with Crippen LogP contribution >= 0.6 is 117 Å². The maximum absolute atomic E-state index is 11.9. The van der Waals surface area contributed by atoms with Crippen LogP contribution in [0.1, 0.15) is 103 Å². The maximum Gasteiger partial charge on any atom is 0.304 e. The van der Waals surface area contributed by atoms with Gasteiger partial charge in [0.1, 0.15) is 0 Å². The van der Waals surface area contributed by atoms with Crippen molar-refractivity contribution in [3.63, 3.8) is 0 Å². The Balaban J connectivity index is 0.000000101. The molecule has 15 aromatic rings. The van der Waals surface area contributed by atoms with Gasteiger partial charge in [0.05, 0.1) is 40.4 Å². The van der Waals surface area contributed by atoms with Crippen molar-refractivity contribution in [1.82, 2.24) is 4.57 Å². The number of ether oxygens (including phenoxy) is 1. The third-order valence-electron chi connectivity index (χ3n) is 20.2. The van der Waals surface area contributed by atoms with Crippen LogP contribution in [0.3, 0.4) is 0 Å². The highest BCUT2D eigenvalue weighted by Crippen LogP contribution is 2.46. The maximum atomic E-state index is 11.9. The fraction of sp³-hybridized carbons (Fsp3) is 0.128. The molecule has 0 spiro atoms. The van der Waals surface area contributed by atoms with Crippen molar-refractivity contribution in [1.29, 1.82) is 0 Å². The number of rotatable bonds is 4. The van der Waals surface area contributed by atoms with Crippen LogP contribution in [0.2, 0.25) is 5.02 Å². The number of thioether (sulfide) groups is 8. The number of nitrogens with zero attached hydrogens (tertiary/aromatic N) is 1. The van der Waals surface area contributed by atoms with E-state index in [0.29, 0.717) is 50.5 Å². The second-order valence-electron chi connectivity index (χ2n) is 27.6. The lowest BCUT2D eigenvalue weighted by molar-refractivity contribution is -0.141. The van der Waals surface area contributed by atoms with Gasteiger partial charge < -0.3 is 19.5 Å². The molecule has 8 aliphatic heterocycles. The van der Waals surface area contributed by atoms with Crippen LogP contribution in [0, 0.1) is 0 Å². The van der Waals surface area contributed by atoms with Crippen molar-refractivity contribution in [2.24, 2.45) is 0 Å². The molecule has 0 saturated carbocycles. The molecule has 2 aromatic heterocycles. The third kappa shape index (κ3) is 17.2. The van der Waals surface area contributed by atoms with Gasteiger partial charge in [-0.05, 0) is 130 Å². The number of aliphatic carboxylic acids is 1. The number of hydrogen-bond donors (Lipinski definition) is 2. The monoisotopic (exact) mass is 1740 g/mol. The van der Waals surface area contributed by atoms with Crippen LogP contribution in [0.25, 0.3) is 74.3 Å². The highest BCUT2D eigenvalue weighted by molar-refractivity contribution is 8.02. The molecule has 118 heavy (non-hydrogen) atoms. The standard InChI is InChI=1S/C16H13NOS.C14H8OS2.3C12H8OS.C10H7ClO3S.C10H8O3S.C8H6O2S/c1-2-17-13-6-4-3-5-10(13)11-8-16-12(7-14(11)17)15(18)9-19-16;15-11-7-16-13-5-9-8-3-1-2-4-12(8)17-14(9)6-10(11)13;13-11-7-14-12-6-9-4-2-1-3-8(9)5-10(11)12;13-10-7-14-11-6-5-8-3-1-2-4-9(8)12(10)11;13-11-7-14-12-9-4-2-1-3-8(9)5-6-10(11)12;11-5-1-2-7-6(3-5)10(14)8(15-7)4-9(12)13;1-6(11)13-10-9(12)7-4-2-3-5-8(7)14-10;9-7-5-3-1-2-4-6(5)11-8(7)10/h3-8H,2,9H2,1H3;1-6H,7H2;3*1-6H,7H2;1-3,8H,4H2,(H,12,13);2-5,10H,1H3;1-4,8,10H. The predicted octanol–water partition coefficient (Wildman–Crippen LogP) is 23.5. The molecule has 3 atom stereocenters. The van der Waals surface area contributed by atoms with Gasteiger partial charge >= 0.3 is 11.9 Å². The quantitative estimate of drug-likeness (QED) is 0.156. The molecule has 586 valence electrons. The highest BCUT2D eigenvalue weighted by atomic mass is 35.5. The van der Waals surface area contributed by atoms with Crippen molar-refractivity contribution in [3.05, 3.63) is 298 Å². The lowest BCUT2D eigenvalue weighted by Gasteiger charge is -2.05. The van der Waals surface area contributed by atoms with E-state index < -0.39 is 28.1 Å².